The Hall–Kier alpha value is -1.64. The summed E-state index contributed by atoms with van der Waals surface area (Å²) < 4.78 is 0. The molecule has 0 aliphatic rings. The van der Waals surface area contributed by atoms with Crippen molar-refractivity contribution in [3.8, 4) is 0 Å². The number of ketones is 1. The van der Waals surface area contributed by atoms with Gasteiger partial charge in [0, 0.05) is 11.1 Å². The van der Waals surface area contributed by atoms with E-state index in [0.717, 1.165) is 6.42 Å². The fraction of sp³-hybridized carbons (Fsp3) is 0.429. The lowest BCUT2D eigenvalue weighted by Crippen LogP contribution is -2.33. The first-order chi connectivity index (χ1) is 7.84. The smallest absolute Gasteiger partial charge is 0.292 e. The molecule has 0 aliphatic heterocycles. The van der Waals surface area contributed by atoms with E-state index in [9.17, 15) is 9.59 Å². The summed E-state index contributed by atoms with van der Waals surface area (Å²) in [5.41, 5.74) is 1.21. The molecule has 0 heterocycles. The minimum absolute atomic E-state index is 0.405. The number of benzene rings is 1. The molecular formula is C14H19NO2. The van der Waals surface area contributed by atoms with Crippen molar-refractivity contribution in [3.05, 3.63) is 29.8 Å². The van der Waals surface area contributed by atoms with Crippen molar-refractivity contribution in [2.75, 3.05) is 5.32 Å². The molecule has 17 heavy (non-hydrogen) atoms. The third-order valence-electron chi connectivity index (χ3n) is 2.51. The van der Waals surface area contributed by atoms with Gasteiger partial charge in [0.25, 0.3) is 5.91 Å². The van der Waals surface area contributed by atoms with E-state index in [1.807, 2.05) is 24.3 Å². The lowest BCUT2D eigenvalue weighted by atomic mass is 9.90. The number of carbonyl (C=O) groups excluding carboxylic acids is 2. The third kappa shape index (κ3) is 3.70. The van der Waals surface area contributed by atoms with Gasteiger partial charge in [-0.2, -0.15) is 0 Å². The Kier molecular flexibility index (Phi) is 4.05. The molecule has 1 amide bonds. The molecular weight excluding hydrogens is 214 g/mol. The highest BCUT2D eigenvalue weighted by Crippen LogP contribution is 2.16. The van der Waals surface area contributed by atoms with E-state index in [1.165, 1.54) is 5.56 Å². The van der Waals surface area contributed by atoms with Crippen LogP contribution in [0.5, 0.6) is 0 Å². The predicted octanol–water partition coefficient (Wildman–Crippen LogP) is 2.80. The van der Waals surface area contributed by atoms with Crippen LogP contribution in [0.1, 0.15) is 33.3 Å². The number of rotatable bonds is 3. The summed E-state index contributed by atoms with van der Waals surface area (Å²) in [5.74, 6) is -0.959. The van der Waals surface area contributed by atoms with E-state index in [-0.39, 0.29) is 0 Å². The summed E-state index contributed by atoms with van der Waals surface area (Å²) in [5, 5.41) is 2.61. The first-order valence-electron chi connectivity index (χ1n) is 5.79. The SMILES string of the molecule is CCc1ccc(NC(=O)C(=O)C(C)(C)C)cc1. The van der Waals surface area contributed by atoms with Gasteiger partial charge in [-0.15, -0.1) is 0 Å². The first-order valence-corrected chi connectivity index (χ1v) is 5.79. The largest absolute Gasteiger partial charge is 0.319 e. The minimum Gasteiger partial charge on any atom is -0.319 e. The average Bonchev–Trinajstić information content (AvgIpc) is 2.27. The molecule has 3 nitrogen and oxygen atoms in total. The van der Waals surface area contributed by atoms with Gasteiger partial charge in [0.05, 0.1) is 0 Å². The Balaban J connectivity index is 2.71. The molecule has 0 aromatic heterocycles. The Labute approximate surface area is 102 Å². The number of hydrogen-bond donors (Lipinski definition) is 1. The highest BCUT2D eigenvalue weighted by atomic mass is 16.2. The predicted molar refractivity (Wildman–Crippen MR) is 68.9 cm³/mol. The molecule has 0 fully saturated rings. The van der Waals surface area contributed by atoms with E-state index in [1.54, 1.807) is 20.8 Å². The van der Waals surface area contributed by atoms with Crippen LogP contribution in [0, 0.1) is 5.41 Å². The van der Waals surface area contributed by atoms with E-state index in [2.05, 4.69) is 12.2 Å². The van der Waals surface area contributed by atoms with Crippen molar-refractivity contribution < 1.29 is 9.59 Å². The number of amides is 1. The quantitative estimate of drug-likeness (QED) is 0.816. The van der Waals surface area contributed by atoms with Gasteiger partial charge in [-0.05, 0) is 24.1 Å². The maximum atomic E-state index is 11.7. The summed E-state index contributed by atoms with van der Waals surface area (Å²) in [7, 11) is 0. The molecule has 0 saturated heterocycles. The molecule has 0 radical (unpaired) electrons. The van der Waals surface area contributed by atoms with Crippen molar-refractivity contribution in [1.82, 2.24) is 0 Å². The molecule has 0 bridgehead atoms. The van der Waals surface area contributed by atoms with Gasteiger partial charge in [-0.1, -0.05) is 39.8 Å². The minimum atomic E-state index is -0.645. The highest BCUT2D eigenvalue weighted by molar-refractivity contribution is 6.42. The summed E-state index contributed by atoms with van der Waals surface area (Å²) in [4.78, 5) is 23.3. The van der Waals surface area contributed by atoms with Crippen LogP contribution in [0.3, 0.4) is 0 Å². The molecule has 0 saturated carbocycles. The molecule has 1 N–H and O–H groups in total. The van der Waals surface area contributed by atoms with Gasteiger partial charge in [0.2, 0.25) is 5.78 Å². The number of Topliss-reactive ketones (excluding diaryl/α,β-unsaturated/α-hetero) is 1. The van der Waals surface area contributed by atoms with Crippen molar-refractivity contribution in [2.24, 2.45) is 5.41 Å². The second-order valence-electron chi connectivity index (χ2n) is 5.08. The van der Waals surface area contributed by atoms with Crippen molar-refractivity contribution >= 4 is 17.4 Å². The molecule has 0 spiro atoms. The molecule has 92 valence electrons. The molecule has 0 atom stereocenters. The summed E-state index contributed by atoms with van der Waals surface area (Å²) >= 11 is 0. The highest BCUT2D eigenvalue weighted by Gasteiger charge is 2.28. The van der Waals surface area contributed by atoms with Crippen LogP contribution < -0.4 is 5.32 Å². The molecule has 1 aromatic rings. The molecule has 0 unspecified atom stereocenters. The fourth-order valence-corrected chi connectivity index (χ4v) is 1.35. The van der Waals surface area contributed by atoms with E-state index < -0.39 is 17.1 Å². The zero-order valence-electron chi connectivity index (χ0n) is 10.8. The first kappa shape index (κ1) is 13.4. The van der Waals surface area contributed by atoms with Crippen LogP contribution in [-0.2, 0) is 16.0 Å². The van der Waals surface area contributed by atoms with Gasteiger partial charge >= 0.3 is 0 Å². The lowest BCUT2D eigenvalue weighted by Gasteiger charge is -2.15. The van der Waals surface area contributed by atoms with E-state index in [0.29, 0.717) is 5.69 Å². The average molecular weight is 233 g/mol. The van der Waals surface area contributed by atoms with Crippen molar-refractivity contribution in [2.45, 2.75) is 34.1 Å². The maximum Gasteiger partial charge on any atom is 0.292 e. The Morgan fingerprint density at radius 3 is 2.06 bits per heavy atom. The van der Waals surface area contributed by atoms with Crippen LogP contribution >= 0.6 is 0 Å². The Morgan fingerprint density at radius 1 is 1.12 bits per heavy atom. The second-order valence-corrected chi connectivity index (χ2v) is 5.08. The third-order valence-corrected chi connectivity index (χ3v) is 2.51. The van der Waals surface area contributed by atoms with Gasteiger partial charge < -0.3 is 5.32 Å². The molecule has 0 aliphatic carbocycles. The topological polar surface area (TPSA) is 46.2 Å². The monoisotopic (exact) mass is 233 g/mol. The summed E-state index contributed by atoms with van der Waals surface area (Å²) in [6.07, 6.45) is 0.954. The van der Waals surface area contributed by atoms with Crippen LogP contribution in [0.2, 0.25) is 0 Å². The number of aryl methyl sites for hydroxylation is 1. The van der Waals surface area contributed by atoms with Crippen LogP contribution in [-0.4, -0.2) is 11.7 Å². The molecule has 1 aromatic carbocycles. The number of nitrogens with one attached hydrogen (secondary N) is 1. The van der Waals surface area contributed by atoms with Crippen LogP contribution in [0.25, 0.3) is 0 Å². The van der Waals surface area contributed by atoms with Gasteiger partial charge in [0.15, 0.2) is 0 Å². The normalized spacial score (nSPS) is 11.1. The van der Waals surface area contributed by atoms with Crippen LogP contribution in [0.4, 0.5) is 5.69 Å². The molecule has 3 heteroatoms. The summed E-state index contributed by atoms with van der Waals surface area (Å²) in [6.45, 7) is 7.26. The number of carbonyl (C=O) groups is 2. The lowest BCUT2D eigenvalue weighted by molar-refractivity contribution is -0.139. The summed E-state index contributed by atoms with van der Waals surface area (Å²) in [6, 6.07) is 7.51. The van der Waals surface area contributed by atoms with Gasteiger partial charge in [0.1, 0.15) is 0 Å². The van der Waals surface area contributed by atoms with Gasteiger partial charge in [-0.3, -0.25) is 9.59 Å². The molecule has 1 rings (SSSR count). The zero-order chi connectivity index (χ0) is 13.1. The second kappa shape index (κ2) is 5.13. The number of anilines is 1. The number of hydrogen-bond acceptors (Lipinski definition) is 2. The Bertz CT molecular complexity index is 413. The van der Waals surface area contributed by atoms with Crippen molar-refractivity contribution in [3.63, 3.8) is 0 Å². The van der Waals surface area contributed by atoms with E-state index in [4.69, 9.17) is 0 Å². The van der Waals surface area contributed by atoms with E-state index >= 15 is 0 Å². The van der Waals surface area contributed by atoms with Crippen LogP contribution in [0.15, 0.2) is 24.3 Å². The fourth-order valence-electron chi connectivity index (χ4n) is 1.35. The zero-order valence-corrected chi connectivity index (χ0v) is 10.8. The standard InChI is InChI=1S/C14H19NO2/c1-5-10-6-8-11(9-7-10)15-13(17)12(16)14(2,3)4/h6-9H,5H2,1-4H3,(H,15,17). The Morgan fingerprint density at radius 2 is 1.65 bits per heavy atom. The van der Waals surface area contributed by atoms with Gasteiger partial charge in [-0.25, -0.2) is 0 Å². The maximum absolute atomic E-state index is 11.7. The van der Waals surface area contributed by atoms with Crippen molar-refractivity contribution in [1.29, 1.82) is 0 Å².